The zero-order chi connectivity index (χ0) is 15.1. The Morgan fingerprint density at radius 2 is 1.86 bits per heavy atom. The predicted octanol–water partition coefficient (Wildman–Crippen LogP) is -0.170. The topological polar surface area (TPSA) is 93.9 Å². The highest BCUT2D eigenvalue weighted by Gasteiger charge is 2.23. The van der Waals surface area contributed by atoms with Crippen molar-refractivity contribution < 1.29 is 17.9 Å². The second-order valence-electron chi connectivity index (χ2n) is 5.67. The lowest BCUT2D eigenvalue weighted by atomic mass is 9.94. The first kappa shape index (κ1) is 17.1. The van der Waals surface area contributed by atoms with E-state index >= 15 is 0 Å². The maximum absolute atomic E-state index is 12.0. The van der Waals surface area contributed by atoms with Crippen LogP contribution in [0.15, 0.2) is 0 Å². The van der Waals surface area contributed by atoms with Gasteiger partial charge in [0.15, 0.2) is 0 Å². The van der Waals surface area contributed by atoms with Crippen molar-refractivity contribution in [1.29, 1.82) is 0 Å². The minimum atomic E-state index is -3.36. The number of hydrogen-bond acceptors (Lipinski definition) is 5. The maximum atomic E-state index is 12.0. The van der Waals surface area contributed by atoms with E-state index in [-0.39, 0.29) is 0 Å². The van der Waals surface area contributed by atoms with Gasteiger partial charge in [-0.1, -0.05) is 0 Å². The molecule has 2 aliphatic rings. The molecule has 8 heteroatoms. The third-order valence-corrected chi connectivity index (χ3v) is 5.60. The summed E-state index contributed by atoms with van der Waals surface area (Å²) in [5, 5.41) is 0. The van der Waals surface area contributed by atoms with Crippen molar-refractivity contribution in [3.8, 4) is 0 Å². The maximum Gasteiger partial charge on any atom is 0.279 e. The summed E-state index contributed by atoms with van der Waals surface area (Å²) in [7, 11) is -3.36. The van der Waals surface area contributed by atoms with Crippen LogP contribution in [0.4, 0.5) is 0 Å². The Labute approximate surface area is 127 Å². The number of hydrogen-bond donors (Lipinski definition) is 2. The van der Waals surface area contributed by atoms with Crippen LogP contribution in [-0.4, -0.2) is 64.3 Å². The van der Waals surface area contributed by atoms with Crippen LogP contribution in [-0.2, 0) is 19.7 Å². The highest BCUT2D eigenvalue weighted by Crippen LogP contribution is 2.19. The first-order chi connectivity index (χ1) is 10.1. The smallest absolute Gasteiger partial charge is 0.279 e. The Hall–Kier alpha value is -0.250. The summed E-state index contributed by atoms with van der Waals surface area (Å²) < 4.78 is 38.9. The minimum Gasteiger partial charge on any atom is -0.379 e. The van der Waals surface area contributed by atoms with Crippen LogP contribution in [0.3, 0.4) is 0 Å². The molecule has 0 aromatic rings. The van der Waals surface area contributed by atoms with Gasteiger partial charge in [0.1, 0.15) is 0 Å². The van der Waals surface area contributed by atoms with Gasteiger partial charge in [-0.3, -0.25) is 0 Å². The third kappa shape index (κ3) is 5.80. The molecule has 124 valence electrons. The van der Waals surface area contributed by atoms with Crippen molar-refractivity contribution in [3.63, 3.8) is 0 Å². The molecule has 1 aliphatic carbocycles. The van der Waals surface area contributed by atoms with Gasteiger partial charge in [0.25, 0.3) is 10.2 Å². The van der Waals surface area contributed by atoms with E-state index in [1.165, 1.54) is 4.31 Å². The van der Waals surface area contributed by atoms with E-state index in [4.69, 9.17) is 15.2 Å². The first-order valence-electron chi connectivity index (χ1n) is 7.77. The molecule has 1 saturated heterocycles. The van der Waals surface area contributed by atoms with E-state index in [2.05, 4.69) is 4.72 Å². The lowest BCUT2D eigenvalue weighted by Crippen LogP contribution is -2.46. The highest BCUT2D eigenvalue weighted by atomic mass is 32.2. The van der Waals surface area contributed by atoms with Crippen molar-refractivity contribution in [2.45, 2.75) is 44.2 Å². The van der Waals surface area contributed by atoms with Crippen LogP contribution in [0.25, 0.3) is 0 Å². The molecule has 0 radical (unpaired) electrons. The van der Waals surface area contributed by atoms with Crippen molar-refractivity contribution >= 4 is 10.2 Å². The average Bonchev–Trinajstić information content (AvgIpc) is 2.50. The molecule has 7 nitrogen and oxygen atoms in total. The summed E-state index contributed by atoms with van der Waals surface area (Å²) in [6.07, 6.45) is 5.05. The summed E-state index contributed by atoms with van der Waals surface area (Å²) >= 11 is 0. The predicted molar refractivity (Wildman–Crippen MR) is 80.1 cm³/mol. The fraction of sp³-hybridized carbons (Fsp3) is 1.00. The Morgan fingerprint density at radius 3 is 2.52 bits per heavy atom. The molecule has 0 spiro atoms. The number of morpholine rings is 1. The van der Waals surface area contributed by atoms with Gasteiger partial charge in [-0.2, -0.15) is 12.7 Å². The van der Waals surface area contributed by atoms with Crippen molar-refractivity contribution in [1.82, 2.24) is 9.03 Å². The first-order valence-corrected chi connectivity index (χ1v) is 9.21. The lowest BCUT2D eigenvalue weighted by molar-refractivity contribution is 0.0244. The van der Waals surface area contributed by atoms with E-state index in [0.717, 1.165) is 25.7 Å². The fourth-order valence-electron chi connectivity index (χ4n) is 2.66. The molecular formula is C13H27N3O4S. The fourth-order valence-corrected chi connectivity index (χ4v) is 3.87. The molecule has 2 rings (SSSR count). The van der Waals surface area contributed by atoms with Gasteiger partial charge in [-0.15, -0.1) is 0 Å². The van der Waals surface area contributed by atoms with Crippen molar-refractivity contribution in [2.24, 2.45) is 5.73 Å². The SMILES string of the molecule is NC1CCC(OCCCNS(=O)(=O)N2CCOCC2)CC1. The summed E-state index contributed by atoms with van der Waals surface area (Å²) in [5.41, 5.74) is 5.85. The molecule has 1 heterocycles. The summed E-state index contributed by atoms with van der Waals surface area (Å²) in [6.45, 7) is 2.78. The molecule has 3 N–H and O–H groups in total. The molecule has 0 unspecified atom stereocenters. The normalized spacial score (nSPS) is 28.6. The van der Waals surface area contributed by atoms with Crippen LogP contribution in [0.5, 0.6) is 0 Å². The third-order valence-electron chi connectivity index (χ3n) is 3.99. The molecule has 0 aromatic heterocycles. The van der Waals surface area contributed by atoms with Crippen LogP contribution in [0.1, 0.15) is 32.1 Å². The summed E-state index contributed by atoms with van der Waals surface area (Å²) in [4.78, 5) is 0. The van der Waals surface area contributed by atoms with Crippen LogP contribution >= 0.6 is 0 Å². The monoisotopic (exact) mass is 321 g/mol. The molecule has 21 heavy (non-hydrogen) atoms. The zero-order valence-corrected chi connectivity index (χ0v) is 13.3. The number of nitrogens with one attached hydrogen (secondary N) is 1. The van der Waals surface area contributed by atoms with Crippen molar-refractivity contribution in [2.75, 3.05) is 39.5 Å². The number of ether oxygens (including phenoxy) is 2. The average molecular weight is 321 g/mol. The highest BCUT2D eigenvalue weighted by molar-refractivity contribution is 7.87. The summed E-state index contributed by atoms with van der Waals surface area (Å²) in [6, 6.07) is 0.324. The molecule has 1 saturated carbocycles. The molecular weight excluding hydrogens is 294 g/mol. The van der Waals surface area contributed by atoms with Gasteiger partial charge in [0, 0.05) is 32.3 Å². The molecule has 0 aromatic carbocycles. The molecule has 1 aliphatic heterocycles. The van der Waals surface area contributed by atoms with E-state index in [1.54, 1.807) is 0 Å². The molecule has 2 fully saturated rings. The lowest BCUT2D eigenvalue weighted by Gasteiger charge is -2.27. The standard InChI is InChI=1S/C13H27N3O4S/c14-12-2-4-13(5-3-12)20-9-1-6-15-21(17,18)16-7-10-19-11-8-16/h12-13,15H,1-11,14H2. The Kier molecular flexibility index (Phi) is 6.84. The van der Waals surface area contributed by atoms with Crippen LogP contribution < -0.4 is 10.5 Å². The number of nitrogens with zero attached hydrogens (tertiary/aromatic N) is 1. The number of rotatable bonds is 7. The Bertz CT molecular complexity index is 390. The van der Waals surface area contributed by atoms with Gasteiger partial charge in [-0.25, -0.2) is 4.72 Å². The number of nitrogens with two attached hydrogens (primary N) is 1. The summed E-state index contributed by atoms with van der Waals surface area (Å²) in [5.74, 6) is 0. The van der Waals surface area contributed by atoms with E-state index in [9.17, 15) is 8.42 Å². The van der Waals surface area contributed by atoms with Gasteiger partial charge < -0.3 is 15.2 Å². The second kappa shape index (κ2) is 8.40. The van der Waals surface area contributed by atoms with E-state index in [1.807, 2.05) is 0 Å². The van der Waals surface area contributed by atoms with E-state index < -0.39 is 10.2 Å². The van der Waals surface area contributed by atoms with Crippen molar-refractivity contribution in [3.05, 3.63) is 0 Å². The molecule has 0 amide bonds. The van der Waals surface area contributed by atoms with Crippen LogP contribution in [0.2, 0.25) is 0 Å². The van der Waals surface area contributed by atoms with E-state index in [0.29, 0.717) is 58.0 Å². The zero-order valence-electron chi connectivity index (χ0n) is 12.5. The van der Waals surface area contributed by atoms with Crippen LogP contribution in [0, 0.1) is 0 Å². The second-order valence-corrected chi connectivity index (χ2v) is 7.43. The Morgan fingerprint density at radius 1 is 1.19 bits per heavy atom. The minimum absolute atomic E-state index is 0.292. The van der Waals surface area contributed by atoms with Gasteiger partial charge in [0.05, 0.1) is 19.3 Å². The van der Waals surface area contributed by atoms with Gasteiger partial charge >= 0.3 is 0 Å². The van der Waals surface area contributed by atoms with Gasteiger partial charge in [-0.05, 0) is 32.1 Å². The Balaban J connectivity index is 1.56. The molecule has 0 atom stereocenters. The largest absolute Gasteiger partial charge is 0.379 e. The quantitative estimate of drug-likeness (QED) is 0.635. The van der Waals surface area contributed by atoms with Gasteiger partial charge in [0.2, 0.25) is 0 Å². The molecule has 0 bridgehead atoms.